The van der Waals surface area contributed by atoms with Crippen LogP contribution in [0.3, 0.4) is 0 Å². The van der Waals surface area contributed by atoms with Gasteiger partial charge in [0.15, 0.2) is 0 Å². The van der Waals surface area contributed by atoms with E-state index in [1.807, 2.05) is 6.92 Å². The first kappa shape index (κ1) is 12.6. The Bertz CT molecular complexity index is 377. The maximum Gasteiger partial charge on any atom is 0.409 e. The molecule has 0 N–H and O–H groups in total. The van der Waals surface area contributed by atoms with Gasteiger partial charge >= 0.3 is 6.09 Å². The topological polar surface area (TPSA) is 64.5 Å². The third-order valence-corrected chi connectivity index (χ3v) is 2.81. The minimum atomic E-state index is -0.238. The van der Waals surface area contributed by atoms with Crippen LogP contribution in [0, 0.1) is 0 Å². The lowest BCUT2D eigenvalue weighted by Crippen LogP contribution is -2.42. The monoisotopic (exact) mass is 251 g/mol. The third-order valence-electron chi connectivity index (χ3n) is 2.81. The molecular formula is C12H17N3O3. The van der Waals surface area contributed by atoms with Gasteiger partial charge < -0.3 is 14.4 Å². The predicted molar refractivity (Wildman–Crippen MR) is 64.3 cm³/mol. The van der Waals surface area contributed by atoms with E-state index in [0.29, 0.717) is 25.6 Å². The van der Waals surface area contributed by atoms with Crippen LogP contribution in [0.2, 0.25) is 0 Å². The first-order valence-electron chi connectivity index (χ1n) is 6.14. The number of amides is 1. The van der Waals surface area contributed by atoms with E-state index >= 15 is 0 Å². The zero-order valence-corrected chi connectivity index (χ0v) is 10.4. The van der Waals surface area contributed by atoms with Crippen molar-refractivity contribution in [1.29, 1.82) is 0 Å². The molecule has 6 nitrogen and oxygen atoms in total. The Hall–Kier alpha value is -1.85. The number of carbonyl (C=O) groups excluding carboxylic acids is 1. The second kappa shape index (κ2) is 6.18. The molecule has 1 amide bonds. The Morgan fingerprint density at radius 1 is 1.50 bits per heavy atom. The molecule has 0 bridgehead atoms. The highest BCUT2D eigenvalue weighted by molar-refractivity contribution is 5.67. The largest absolute Gasteiger partial charge is 0.474 e. The van der Waals surface area contributed by atoms with Gasteiger partial charge in [-0.05, 0) is 6.92 Å². The molecule has 1 saturated heterocycles. The number of nitrogens with zero attached hydrogens (tertiary/aromatic N) is 3. The Morgan fingerprint density at radius 3 is 2.89 bits per heavy atom. The number of ether oxygens (including phenoxy) is 2. The van der Waals surface area contributed by atoms with E-state index in [9.17, 15) is 4.79 Å². The first-order valence-corrected chi connectivity index (χ1v) is 6.14. The van der Waals surface area contributed by atoms with Crippen molar-refractivity contribution < 1.29 is 14.3 Å². The summed E-state index contributed by atoms with van der Waals surface area (Å²) in [5.41, 5.74) is 0. The summed E-state index contributed by atoms with van der Waals surface area (Å²) in [5, 5.41) is 0. The zero-order valence-electron chi connectivity index (χ0n) is 10.4. The van der Waals surface area contributed by atoms with Gasteiger partial charge in [0, 0.05) is 38.2 Å². The molecule has 2 heterocycles. The Morgan fingerprint density at radius 2 is 2.28 bits per heavy atom. The van der Waals surface area contributed by atoms with Crippen molar-refractivity contribution in [3.8, 4) is 5.88 Å². The van der Waals surface area contributed by atoms with Gasteiger partial charge in [0.2, 0.25) is 5.88 Å². The summed E-state index contributed by atoms with van der Waals surface area (Å²) in [6.07, 6.45) is 4.56. The summed E-state index contributed by atoms with van der Waals surface area (Å²) >= 11 is 0. The van der Waals surface area contributed by atoms with Crippen LogP contribution in [0.5, 0.6) is 5.88 Å². The predicted octanol–water partition coefficient (Wildman–Crippen LogP) is 1.48. The van der Waals surface area contributed by atoms with Gasteiger partial charge in [0.25, 0.3) is 0 Å². The van der Waals surface area contributed by atoms with Crippen molar-refractivity contribution in [3.63, 3.8) is 0 Å². The fourth-order valence-corrected chi connectivity index (χ4v) is 1.89. The Kier molecular flexibility index (Phi) is 4.33. The van der Waals surface area contributed by atoms with Gasteiger partial charge in [0.05, 0.1) is 6.61 Å². The molecule has 0 radical (unpaired) electrons. The molecule has 6 heteroatoms. The minimum Gasteiger partial charge on any atom is -0.474 e. The summed E-state index contributed by atoms with van der Waals surface area (Å²) in [6.45, 7) is 3.54. The molecule has 98 valence electrons. The maximum atomic E-state index is 11.5. The summed E-state index contributed by atoms with van der Waals surface area (Å²) < 4.78 is 10.7. The van der Waals surface area contributed by atoms with Crippen molar-refractivity contribution >= 4 is 6.09 Å². The summed E-state index contributed by atoms with van der Waals surface area (Å²) in [5.74, 6) is 0.583. The highest BCUT2D eigenvalue weighted by Gasteiger charge is 2.24. The van der Waals surface area contributed by atoms with Crippen LogP contribution in [-0.4, -0.2) is 46.8 Å². The third kappa shape index (κ3) is 3.32. The average Bonchev–Trinajstić information content (AvgIpc) is 2.41. The normalized spacial score (nSPS) is 16.4. The highest BCUT2D eigenvalue weighted by Crippen LogP contribution is 2.16. The van der Waals surface area contributed by atoms with Gasteiger partial charge in [-0.2, -0.15) is 0 Å². The van der Waals surface area contributed by atoms with Crippen LogP contribution in [0.25, 0.3) is 0 Å². The van der Waals surface area contributed by atoms with E-state index in [1.54, 1.807) is 17.2 Å². The lowest BCUT2D eigenvalue weighted by Gasteiger charge is -2.31. The molecule has 0 unspecified atom stereocenters. The van der Waals surface area contributed by atoms with Crippen molar-refractivity contribution in [2.45, 2.75) is 25.9 Å². The SMILES string of the molecule is CCOC(=O)N1CCC(Oc2ccncn2)CC1. The molecule has 1 aromatic rings. The van der Waals surface area contributed by atoms with E-state index in [-0.39, 0.29) is 12.2 Å². The van der Waals surface area contributed by atoms with Gasteiger partial charge in [-0.15, -0.1) is 0 Å². The molecule has 0 aromatic carbocycles. The van der Waals surface area contributed by atoms with E-state index in [1.165, 1.54) is 6.33 Å². The number of hydrogen-bond donors (Lipinski definition) is 0. The molecule has 18 heavy (non-hydrogen) atoms. The second-order valence-electron chi connectivity index (χ2n) is 4.05. The van der Waals surface area contributed by atoms with Crippen LogP contribution in [0.15, 0.2) is 18.6 Å². The van der Waals surface area contributed by atoms with Gasteiger partial charge in [-0.3, -0.25) is 0 Å². The quantitative estimate of drug-likeness (QED) is 0.814. The molecule has 0 saturated carbocycles. The number of likely N-dealkylation sites (tertiary alicyclic amines) is 1. The number of carbonyl (C=O) groups is 1. The molecule has 0 spiro atoms. The summed E-state index contributed by atoms with van der Waals surface area (Å²) in [4.78, 5) is 21.1. The smallest absolute Gasteiger partial charge is 0.409 e. The number of piperidine rings is 1. The van der Waals surface area contributed by atoms with Crippen LogP contribution in [-0.2, 0) is 4.74 Å². The highest BCUT2D eigenvalue weighted by atomic mass is 16.6. The number of aromatic nitrogens is 2. The van der Waals surface area contributed by atoms with E-state index in [4.69, 9.17) is 9.47 Å². The van der Waals surface area contributed by atoms with Crippen LogP contribution in [0.4, 0.5) is 4.79 Å². The van der Waals surface area contributed by atoms with E-state index in [2.05, 4.69) is 9.97 Å². The maximum absolute atomic E-state index is 11.5. The van der Waals surface area contributed by atoms with Crippen molar-refractivity contribution in [1.82, 2.24) is 14.9 Å². The van der Waals surface area contributed by atoms with Crippen molar-refractivity contribution in [2.24, 2.45) is 0 Å². The molecule has 1 aliphatic heterocycles. The fraction of sp³-hybridized carbons (Fsp3) is 0.583. The van der Waals surface area contributed by atoms with Gasteiger partial charge in [0.1, 0.15) is 12.4 Å². The Labute approximate surface area is 106 Å². The molecule has 1 aliphatic rings. The Balaban J connectivity index is 1.78. The average molecular weight is 251 g/mol. The van der Waals surface area contributed by atoms with Crippen molar-refractivity contribution in [2.75, 3.05) is 19.7 Å². The molecule has 0 atom stereocenters. The molecule has 0 aliphatic carbocycles. The van der Waals surface area contributed by atoms with E-state index < -0.39 is 0 Å². The van der Waals surface area contributed by atoms with E-state index in [0.717, 1.165) is 12.8 Å². The fourth-order valence-electron chi connectivity index (χ4n) is 1.89. The van der Waals surface area contributed by atoms with Crippen LogP contribution >= 0.6 is 0 Å². The van der Waals surface area contributed by atoms with Crippen LogP contribution < -0.4 is 4.74 Å². The van der Waals surface area contributed by atoms with Crippen molar-refractivity contribution in [3.05, 3.63) is 18.6 Å². The molecule has 1 aromatic heterocycles. The van der Waals surface area contributed by atoms with Gasteiger partial charge in [-0.25, -0.2) is 14.8 Å². The molecule has 2 rings (SSSR count). The zero-order chi connectivity index (χ0) is 12.8. The lowest BCUT2D eigenvalue weighted by atomic mass is 10.1. The minimum absolute atomic E-state index is 0.102. The lowest BCUT2D eigenvalue weighted by molar-refractivity contribution is 0.0688. The van der Waals surface area contributed by atoms with Crippen LogP contribution in [0.1, 0.15) is 19.8 Å². The summed E-state index contributed by atoms with van der Waals surface area (Å²) in [7, 11) is 0. The molecule has 1 fully saturated rings. The van der Waals surface area contributed by atoms with Gasteiger partial charge in [-0.1, -0.05) is 0 Å². The second-order valence-corrected chi connectivity index (χ2v) is 4.05. The number of hydrogen-bond acceptors (Lipinski definition) is 5. The molecular weight excluding hydrogens is 234 g/mol. The first-order chi connectivity index (χ1) is 8.79. The number of rotatable bonds is 3. The standard InChI is InChI=1S/C12H17N3O3/c1-2-17-12(16)15-7-4-10(5-8-15)18-11-3-6-13-9-14-11/h3,6,9-10H,2,4-5,7-8H2,1H3. The summed E-state index contributed by atoms with van der Waals surface area (Å²) in [6, 6.07) is 1.73.